The molecule has 16 heavy (non-hydrogen) atoms. The molecule has 0 aliphatic carbocycles. The number of hydrogen-bond donors (Lipinski definition) is 2. The Labute approximate surface area is 96.6 Å². The molecule has 3 N–H and O–H groups in total. The standard InChI is InChI=1S/C11H22N2O3/c1-3-5-9(12)7-10(14)13(6-4-2)8-11(15)16/h9H,3-8,12H2,1-2H3,(H,15,16). The Morgan fingerprint density at radius 2 is 1.94 bits per heavy atom. The van der Waals surface area contributed by atoms with Gasteiger partial charge in [0.25, 0.3) is 0 Å². The number of carboxylic acid groups (broad SMARTS) is 1. The van der Waals surface area contributed by atoms with Crippen molar-refractivity contribution in [2.24, 2.45) is 5.73 Å². The van der Waals surface area contributed by atoms with E-state index in [2.05, 4.69) is 0 Å². The normalized spacial score (nSPS) is 12.2. The van der Waals surface area contributed by atoms with Gasteiger partial charge in [0, 0.05) is 19.0 Å². The molecule has 0 spiro atoms. The first-order valence-corrected chi connectivity index (χ1v) is 5.76. The number of amides is 1. The van der Waals surface area contributed by atoms with Crippen LogP contribution in [0.5, 0.6) is 0 Å². The second-order valence-electron chi connectivity index (χ2n) is 3.96. The highest BCUT2D eigenvalue weighted by atomic mass is 16.4. The lowest BCUT2D eigenvalue weighted by atomic mass is 10.1. The van der Waals surface area contributed by atoms with Gasteiger partial charge < -0.3 is 15.7 Å². The molecule has 0 bridgehead atoms. The van der Waals surface area contributed by atoms with Crippen molar-refractivity contribution in [3.8, 4) is 0 Å². The highest BCUT2D eigenvalue weighted by molar-refractivity contribution is 5.81. The number of carboxylic acids is 1. The lowest BCUT2D eigenvalue weighted by molar-refractivity contribution is -0.144. The van der Waals surface area contributed by atoms with E-state index in [1.54, 1.807) is 0 Å². The summed E-state index contributed by atoms with van der Waals surface area (Å²) in [5, 5.41) is 8.67. The van der Waals surface area contributed by atoms with Crippen molar-refractivity contribution in [3.63, 3.8) is 0 Å². The third-order valence-electron chi connectivity index (χ3n) is 2.27. The summed E-state index contributed by atoms with van der Waals surface area (Å²) in [6.07, 6.45) is 2.71. The van der Waals surface area contributed by atoms with E-state index in [1.807, 2.05) is 13.8 Å². The van der Waals surface area contributed by atoms with Gasteiger partial charge in [-0.25, -0.2) is 0 Å². The fourth-order valence-corrected chi connectivity index (χ4v) is 1.55. The Morgan fingerprint density at radius 1 is 1.31 bits per heavy atom. The lowest BCUT2D eigenvalue weighted by Gasteiger charge is -2.21. The summed E-state index contributed by atoms with van der Waals surface area (Å²) < 4.78 is 0. The molecule has 0 radical (unpaired) electrons. The molecule has 0 saturated heterocycles. The Bertz CT molecular complexity index is 231. The maximum atomic E-state index is 11.7. The minimum Gasteiger partial charge on any atom is -0.480 e. The minimum atomic E-state index is -0.981. The van der Waals surface area contributed by atoms with Crippen LogP contribution in [0.1, 0.15) is 39.5 Å². The molecule has 1 amide bonds. The largest absolute Gasteiger partial charge is 0.480 e. The summed E-state index contributed by atoms with van der Waals surface area (Å²) in [7, 11) is 0. The van der Waals surface area contributed by atoms with Crippen LogP contribution in [0, 0.1) is 0 Å². The number of rotatable bonds is 8. The predicted molar refractivity (Wildman–Crippen MR) is 62.0 cm³/mol. The smallest absolute Gasteiger partial charge is 0.323 e. The van der Waals surface area contributed by atoms with Crippen LogP contribution in [-0.4, -0.2) is 41.0 Å². The fraction of sp³-hybridized carbons (Fsp3) is 0.818. The van der Waals surface area contributed by atoms with E-state index in [1.165, 1.54) is 4.90 Å². The molecule has 0 aromatic rings. The zero-order valence-electron chi connectivity index (χ0n) is 10.1. The monoisotopic (exact) mass is 230 g/mol. The summed E-state index contributed by atoms with van der Waals surface area (Å²) >= 11 is 0. The average Bonchev–Trinajstić information content (AvgIpc) is 2.16. The van der Waals surface area contributed by atoms with Crippen LogP contribution in [0.25, 0.3) is 0 Å². The van der Waals surface area contributed by atoms with E-state index in [-0.39, 0.29) is 24.9 Å². The second kappa shape index (κ2) is 8.10. The summed E-state index contributed by atoms with van der Waals surface area (Å²) in [6, 6.07) is -0.161. The molecule has 1 unspecified atom stereocenters. The quantitative estimate of drug-likeness (QED) is 0.647. The average molecular weight is 230 g/mol. The first kappa shape index (κ1) is 14.9. The van der Waals surface area contributed by atoms with E-state index < -0.39 is 5.97 Å². The third kappa shape index (κ3) is 6.40. The van der Waals surface area contributed by atoms with Gasteiger partial charge >= 0.3 is 5.97 Å². The highest BCUT2D eigenvalue weighted by Gasteiger charge is 2.18. The van der Waals surface area contributed by atoms with Gasteiger partial charge in [0.2, 0.25) is 5.91 Å². The van der Waals surface area contributed by atoms with E-state index in [0.29, 0.717) is 6.54 Å². The van der Waals surface area contributed by atoms with Crippen LogP contribution < -0.4 is 5.73 Å². The molecule has 1 atom stereocenters. The number of hydrogen-bond acceptors (Lipinski definition) is 3. The van der Waals surface area contributed by atoms with Crippen LogP contribution in [0.4, 0.5) is 0 Å². The van der Waals surface area contributed by atoms with Crippen LogP contribution >= 0.6 is 0 Å². The summed E-state index contributed by atoms with van der Waals surface area (Å²) in [4.78, 5) is 23.7. The molecule has 0 heterocycles. The Kier molecular flexibility index (Phi) is 7.54. The van der Waals surface area contributed by atoms with E-state index >= 15 is 0 Å². The molecule has 94 valence electrons. The maximum Gasteiger partial charge on any atom is 0.323 e. The number of carbonyl (C=O) groups is 2. The molecule has 0 aliphatic rings. The van der Waals surface area contributed by atoms with Crippen LogP contribution in [0.2, 0.25) is 0 Å². The zero-order valence-corrected chi connectivity index (χ0v) is 10.1. The second-order valence-corrected chi connectivity index (χ2v) is 3.96. The predicted octanol–water partition coefficient (Wildman–Crippen LogP) is 0.827. The highest BCUT2D eigenvalue weighted by Crippen LogP contribution is 2.03. The lowest BCUT2D eigenvalue weighted by Crippen LogP contribution is -2.39. The molecular formula is C11H22N2O3. The van der Waals surface area contributed by atoms with E-state index in [9.17, 15) is 9.59 Å². The summed E-state index contributed by atoms with van der Waals surface area (Å²) in [6.45, 7) is 4.16. The van der Waals surface area contributed by atoms with Crippen LogP contribution in [0.15, 0.2) is 0 Å². The van der Waals surface area contributed by atoms with Gasteiger partial charge in [-0.2, -0.15) is 0 Å². The molecule has 5 heteroatoms. The number of aliphatic carboxylic acids is 1. The molecule has 5 nitrogen and oxygen atoms in total. The fourth-order valence-electron chi connectivity index (χ4n) is 1.55. The van der Waals surface area contributed by atoms with Crippen molar-refractivity contribution in [3.05, 3.63) is 0 Å². The first-order valence-electron chi connectivity index (χ1n) is 5.76. The van der Waals surface area contributed by atoms with Gasteiger partial charge in [-0.3, -0.25) is 9.59 Å². The minimum absolute atomic E-state index is 0.161. The third-order valence-corrected chi connectivity index (χ3v) is 2.27. The molecule has 0 saturated carbocycles. The summed E-state index contributed by atoms with van der Waals surface area (Å²) in [5.74, 6) is -1.14. The SMILES string of the molecule is CCCC(N)CC(=O)N(CCC)CC(=O)O. The van der Waals surface area contributed by atoms with Crippen molar-refractivity contribution < 1.29 is 14.7 Å². The van der Waals surface area contributed by atoms with Crippen molar-refractivity contribution in [2.75, 3.05) is 13.1 Å². The van der Waals surface area contributed by atoms with Gasteiger partial charge in [0.15, 0.2) is 0 Å². The van der Waals surface area contributed by atoms with Gasteiger partial charge in [-0.15, -0.1) is 0 Å². The van der Waals surface area contributed by atoms with E-state index in [0.717, 1.165) is 19.3 Å². The van der Waals surface area contributed by atoms with Crippen LogP contribution in [-0.2, 0) is 9.59 Å². The Balaban J connectivity index is 4.20. The van der Waals surface area contributed by atoms with Crippen molar-refractivity contribution in [1.29, 1.82) is 0 Å². The maximum absolute atomic E-state index is 11.7. The molecular weight excluding hydrogens is 208 g/mol. The van der Waals surface area contributed by atoms with Gasteiger partial charge in [0.1, 0.15) is 6.54 Å². The molecule has 0 fully saturated rings. The van der Waals surface area contributed by atoms with Gasteiger partial charge in [-0.1, -0.05) is 20.3 Å². The topological polar surface area (TPSA) is 83.6 Å². The Morgan fingerprint density at radius 3 is 2.38 bits per heavy atom. The molecule has 0 rings (SSSR count). The number of carbonyl (C=O) groups excluding carboxylic acids is 1. The Hall–Kier alpha value is -1.10. The van der Waals surface area contributed by atoms with Crippen molar-refractivity contribution >= 4 is 11.9 Å². The molecule has 0 aliphatic heterocycles. The first-order chi connectivity index (χ1) is 7.51. The number of nitrogens with two attached hydrogens (primary N) is 1. The molecule has 0 aromatic carbocycles. The number of nitrogens with zero attached hydrogens (tertiary/aromatic N) is 1. The van der Waals surface area contributed by atoms with E-state index in [4.69, 9.17) is 10.8 Å². The van der Waals surface area contributed by atoms with Gasteiger partial charge in [0.05, 0.1) is 0 Å². The van der Waals surface area contributed by atoms with Crippen molar-refractivity contribution in [1.82, 2.24) is 4.90 Å². The molecule has 0 aromatic heterocycles. The summed E-state index contributed by atoms with van der Waals surface area (Å²) in [5.41, 5.74) is 5.75. The van der Waals surface area contributed by atoms with Crippen LogP contribution in [0.3, 0.4) is 0 Å². The van der Waals surface area contributed by atoms with Crippen molar-refractivity contribution in [2.45, 2.75) is 45.6 Å². The van der Waals surface area contributed by atoms with Gasteiger partial charge in [-0.05, 0) is 12.8 Å². The zero-order chi connectivity index (χ0) is 12.6.